The number of Topliss-reactive ketones (excluding diaryl/α,β-unsaturated/α-hetero) is 1. The minimum atomic E-state index is -4.26. The standard InChI is InChI=1S/C13H16F3NO/c1-9(10-2-4-11(17)5-3-10)8-12(18)6-7-13(14,15)16/h2-5,9H,6-8,17H2,1H3. The highest BCUT2D eigenvalue weighted by Gasteiger charge is 2.28. The van der Waals surface area contributed by atoms with Crippen LogP contribution < -0.4 is 5.73 Å². The van der Waals surface area contributed by atoms with Gasteiger partial charge in [-0.15, -0.1) is 0 Å². The van der Waals surface area contributed by atoms with Crippen LogP contribution in [0, 0.1) is 0 Å². The molecule has 0 spiro atoms. The van der Waals surface area contributed by atoms with Crippen molar-refractivity contribution < 1.29 is 18.0 Å². The summed E-state index contributed by atoms with van der Waals surface area (Å²) >= 11 is 0. The molecule has 1 atom stereocenters. The van der Waals surface area contributed by atoms with Crippen LogP contribution in [0.4, 0.5) is 18.9 Å². The van der Waals surface area contributed by atoms with E-state index in [-0.39, 0.29) is 18.1 Å². The zero-order chi connectivity index (χ0) is 13.8. The molecule has 0 fully saturated rings. The van der Waals surface area contributed by atoms with Gasteiger partial charge in [0.15, 0.2) is 0 Å². The maximum Gasteiger partial charge on any atom is 0.389 e. The number of hydrogen-bond donors (Lipinski definition) is 1. The lowest BCUT2D eigenvalue weighted by molar-refractivity contribution is -0.143. The van der Waals surface area contributed by atoms with Gasteiger partial charge in [0.25, 0.3) is 0 Å². The molecule has 100 valence electrons. The van der Waals surface area contributed by atoms with Gasteiger partial charge in [-0.3, -0.25) is 4.79 Å². The number of rotatable bonds is 5. The van der Waals surface area contributed by atoms with Crippen LogP contribution in [0.15, 0.2) is 24.3 Å². The van der Waals surface area contributed by atoms with Gasteiger partial charge in [-0.25, -0.2) is 0 Å². The quantitative estimate of drug-likeness (QED) is 0.820. The molecule has 0 heterocycles. The fourth-order valence-electron chi connectivity index (χ4n) is 1.67. The number of halogens is 3. The van der Waals surface area contributed by atoms with Gasteiger partial charge in [-0.1, -0.05) is 19.1 Å². The molecule has 0 aromatic heterocycles. The van der Waals surface area contributed by atoms with Gasteiger partial charge >= 0.3 is 6.18 Å². The van der Waals surface area contributed by atoms with Crippen LogP contribution in [0.3, 0.4) is 0 Å². The van der Waals surface area contributed by atoms with Crippen molar-refractivity contribution in [2.24, 2.45) is 0 Å². The molecule has 5 heteroatoms. The Bertz CT molecular complexity index is 398. The molecule has 0 amide bonds. The topological polar surface area (TPSA) is 43.1 Å². The maximum atomic E-state index is 12.0. The number of carbonyl (C=O) groups excluding carboxylic acids is 1. The third kappa shape index (κ3) is 5.21. The first-order valence-electron chi connectivity index (χ1n) is 5.72. The summed E-state index contributed by atoms with van der Waals surface area (Å²) in [6, 6.07) is 7.01. The molecule has 1 rings (SSSR count). The Kier molecular flexibility index (Phi) is 4.76. The van der Waals surface area contributed by atoms with E-state index in [0.29, 0.717) is 5.69 Å². The second kappa shape index (κ2) is 5.89. The van der Waals surface area contributed by atoms with E-state index < -0.39 is 19.0 Å². The van der Waals surface area contributed by atoms with Gasteiger partial charge < -0.3 is 5.73 Å². The van der Waals surface area contributed by atoms with Crippen LogP contribution in [0.2, 0.25) is 0 Å². The molecule has 18 heavy (non-hydrogen) atoms. The Morgan fingerprint density at radius 3 is 2.33 bits per heavy atom. The molecule has 0 radical (unpaired) electrons. The first-order chi connectivity index (χ1) is 8.28. The second-order valence-corrected chi connectivity index (χ2v) is 4.43. The molecule has 0 aliphatic rings. The Morgan fingerprint density at radius 2 is 1.83 bits per heavy atom. The van der Waals surface area contributed by atoms with E-state index in [0.717, 1.165) is 5.56 Å². The molecular formula is C13H16F3NO. The van der Waals surface area contributed by atoms with Crippen molar-refractivity contribution in [2.45, 2.75) is 38.3 Å². The lowest BCUT2D eigenvalue weighted by Crippen LogP contribution is -2.12. The first kappa shape index (κ1) is 14.5. The van der Waals surface area contributed by atoms with E-state index in [4.69, 9.17) is 5.73 Å². The Balaban J connectivity index is 2.47. The largest absolute Gasteiger partial charge is 0.399 e. The average molecular weight is 259 g/mol. The minimum Gasteiger partial charge on any atom is -0.399 e. The number of hydrogen-bond acceptors (Lipinski definition) is 2. The molecule has 0 aliphatic heterocycles. The summed E-state index contributed by atoms with van der Waals surface area (Å²) in [5.74, 6) is -0.456. The van der Waals surface area contributed by atoms with Crippen molar-refractivity contribution in [3.05, 3.63) is 29.8 Å². The SMILES string of the molecule is CC(CC(=O)CCC(F)(F)F)c1ccc(N)cc1. The number of nitrogen functional groups attached to an aromatic ring is 1. The average Bonchev–Trinajstić information content (AvgIpc) is 2.26. The van der Waals surface area contributed by atoms with Crippen molar-refractivity contribution in [1.82, 2.24) is 0 Å². The zero-order valence-electron chi connectivity index (χ0n) is 10.1. The Morgan fingerprint density at radius 1 is 1.28 bits per heavy atom. The fourth-order valence-corrected chi connectivity index (χ4v) is 1.67. The van der Waals surface area contributed by atoms with Gasteiger partial charge in [0.1, 0.15) is 5.78 Å². The van der Waals surface area contributed by atoms with Gasteiger partial charge in [0.2, 0.25) is 0 Å². The highest BCUT2D eigenvalue weighted by molar-refractivity contribution is 5.79. The van der Waals surface area contributed by atoms with Crippen LogP contribution in [-0.2, 0) is 4.79 Å². The smallest absolute Gasteiger partial charge is 0.389 e. The molecule has 0 saturated heterocycles. The molecule has 2 nitrogen and oxygen atoms in total. The lowest BCUT2D eigenvalue weighted by atomic mass is 9.94. The van der Waals surface area contributed by atoms with E-state index in [1.807, 2.05) is 6.92 Å². The predicted molar refractivity (Wildman–Crippen MR) is 64.2 cm³/mol. The zero-order valence-corrected chi connectivity index (χ0v) is 10.1. The summed E-state index contributed by atoms with van der Waals surface area (Å²) in [6.45, 7) is 1.82. The molecule has 0 aliphatic carbocycles. The number of anilines is 1. The summed E-state index contributed by atoms with van der Waals surface area (Å²) in [5.41, 5.74) is 7.06. The van der Waals surface area contributed by atoms with Gasteiger partial charge in [-0.05, 0) is 23.6 Å². The van der Waals surface area contributed by atoms with E-state index in [1.54, 1.807) is 24.3 Å². The third-order valence-corrected chi connectivity index (χ3v) is 2.73. The van der Waals surface area contributed by atoms with Gasteiger partial charge in [-0.2, -0.15) is 13.2 Å². The number of nitrogens with two attached hydrogens (primary N) is 1. The molecule has 0 saturated carbocycles. The molecule has 0 bridgehead atoms. The monoisotopic (exact) mass is 259 g/mol. The normalized spacial score (nSPS) is 13.3. The Labute approximate surface area is 104 Å². The molecule has 2 N–H and O–H groups in total. The van der Waals surface area contributed by atoms with Crippen molar-refractivity contribution in [3.63, 3.8) is 0 Å². The fraction of sp³-hybridized carbons (Fsp3) is 0.462. The summed E-state index contributed by atoms with van der Waals surface area (Å²) < 4.78 is 35.9. The molecule has 1 aromatic rings. The van der Waals surface area contributed by atoms with Crippen LogP contribution in [0.5, 0.6) is 0 Å². The van der Waals surface area contributed by atoms with Crippen molar-refractivity contribution in [2.75, 3.05) is 5.73 Å². The molecular weight excluding hydrogens is 243 g/mol. The van der Waals surface area contributed by atoms with E-state index in [9.17, 15) is 18.0 Å². The highest BCUT2D eigenvalue weighted by Crippen LogP contribution is 2.25. The summed E-state index contributed by atoms with van der Waals surface area (Å²) in [6.07, 6.45) is -5.62. The van der Waals surface area contributed by atoms with Gasteiger partial charge in [0.05, 0.1) is 6.42 Å². The summed E-state index contributed by atoms with van der Waals surface area (Å²) in [5, 5.41) is 0. The van der Waals surface area contributed by atoms with Crippen LogP contribution in [0.25, 0.3) is 0 Å². The van der Waals surface area contributed by atoms with Crippen LogP contribution >= 0.6 is 0 Å². The number of carbonyl (C=O) groups is 1. The van der Waals surface area contributed by atoms with Crippen molar-refractivity contribution in [3.8, 4) is 0 Å². The third-order valence-electron chi connectivity index (χ3n) is 2.73. The van der Waals surface area contributed by atoms with Crippen LogP contribution in [0.1, 0.15) is 37.7 Å². The second-order valence-electron chi connectivity index (χ2n) is 4.43. The van der Waals surface area contributed by atoms with E-state index in [2.05, 4.69) is 0 Å². The number of ketones is 1. The number of alkyl halides is 3. The van der Waals surface area contributed by atoms with Crippen molar-refractivity contribution in [1.29, 1.82) is 0 Å². The Hall–Kier alpha value is -1.52. The lowest BCUT2D eigenvalue weighted by Gasteiger charge is -2.12. The summed E-state index contributed by atoms with van der Waals surface area (Å²) in [7, 11) is 0. The van der Waals surface area contributed by atoms with E-state index >= 15 is 0 Å². The highest BCUT2D eigenvalue weighted by atomic mass is 19.4. The van der Waals surface area contributed by atoms with E-state index in [1.165, 1.54) is 0 Å². The predicted octanol–water partition coefficient (Wildman–Crippen LogP) is 3.67. The number of benzene rings is 1. The summed E-state index contributed by atoms with van der Waals surface area (Å²) in [4.78, 5) is 11.4. The minimum absolute atomic E-state index is 0.0914. The first-order valence-corrected chi connectivity index (χ1v) is 5.72. The molecule has 1 aromatic carbocycles. The van der Waals surface area contributed by atoms with Crippen molar-refractivity contribution >= 4 is 11.5 Å². The van der Waals surface area contributed by atoms with Gasteiger partial charge in [0, 0.05) is 18.5 Å². The van der Waals surface area contributed by atoms with Crippen LogP contribution in [-0.4, -0.2) is 12.0 Å². The molecule has 1 unspecified atom stereocenters. The maximum absolute atomic E-state index is 12.0.